The first-order valence-electron chi connectivity index (χ1n) is 5.89. The van der Waals surface area contributed by atoms with E-state index in [1.165, 1.54) is 7.11 Å². The summed E-state index contributed by atoms with van der Waals surface area (Å²) >= 11 is 0. The first kappa shape index (κ1) is 11.8. The summed E-state index contributed by atoms with van der Waals surface area (Å²) in [7, 11) is 1.40. The van der Waals surface area contributed by atoms with Gasteiger partial charge >= 0.3 is 5.97 Å². The van der Waals surface area contributed by atoms with E-state index in [0.717, 1.165) is 24.5 Å². The summed E-state index contributed by atoms with van der Waals surface area (Å²) in [5.74, 6) is -0.289. The van der Waals surface area contributed by atoms with E-state index in [2.05, 4.69) is 24.1 Å². The average molecular weight is 234 g/mol. The van der Waals surface area contributed by atoms with Crippen molar-refractivity contribution in [1.29, 1.82) is 0 Å². The van der Waals surface area contributed by atoms with Crippen LogP contribution in [0, 0.1) is 0 Å². The molecule has 0 fully saturated rings. The average Bonchev–Trinajstić information content (AvgIpc) is 2.36. The number of fused-ring (bicyclic) bond motifs is 1. The summed E-state index contributed by atoms with van der Waals surface area (Å²) in [5.41, 5.74) is 2.76. The molecule has 17 heavy (non-hydrogen) atoms. The largest absolute Gasteiger partial charge is 0.465 e. The summed E-state index contributed by atoms with van der Waals surface area (Å²) in [5, 5.41) is 3.41. The molecule has 1 unspecified atom stereocenters. The summed E-state index contributed by atoms with van der Waals surface area (Å²) in [4.78, 5) is 13.8. The molecule has 0 saturated carbocycles. The number of hydrogen-bond donors (Lipinski definition) is 1. The van der Waals surface area contributed by atoms with Gasteiger partial charge in [-0.15, -0.1) is 0 Å². The van der Waals surface area contributed by atoms with Gasteiger partial charge in [0.05, 0.1) is 24.0 Å². The third kappa shape index (κ3) is 2.20. The van der Waals surface area contributed by atoms with E-state index < -0.39 is 0 Å². The van der Waals surface area contributed by atoms with Gasteiger partial charge in [-0.2, -0.15) is 0 Å². The first-order chi connectivity index (χ1) is 8.15. The van der Waals surface area contributed by atoms with Crippen LogP contribution >= 0.6 is 0 Å². The number of likely N-dealkylation sites (N-methyl/N-ethyl adjacent to an activating group) is 1. The molecule has 1 heterocycles. The quantitative estimate of drug-likeness (QED) is 0.796. The Bertz CT molecular complexity index is 431. The number of esters is 1. The van der Waals surface area contributed by atoms with Crippen LogP contribution in [0.5, 0.6) is 0 Å². The zero-order valence-corrected chi connectivity index (χ0v) is 10.5. The van der Waals surface area contributed by atoms with Gasteiger partial charge in [0, 0.05) is 19.1 Å². The van der Waals surface area contributed by atoms with Crippen LogP contribution < -0.4 is 10.2 Å². The van der Waals surface area contributed by atoms with Crippen molar-refractivity contribution in [3.63, 3.8) is 0 Å². The number of carbonyl (C=O) groups is 1. The molecule has 4 heteroatoms. The van der Waals surface area contributed by atoms with Crippen molar-refractivity contribution in [3.05, 3.63) is 23.8 Å². The molecule has 0 spiro atoms. The smallest absolute Gasteiger partial charge is 0.337 e. The molecule has 92 valence electrons. The molecule has 1 aromatic carbocycles. The van der Waals surface area contributed by atoms with Crippen LogP contribution in [0.1, 0.15) is 24.2 Å². The van der Waals surface area contributed by atoms with Gasteiger partial charge in [0.25, 0.3) is 0 Å². The lowest BCUT2D eigenvalue weighted by molar-refractivity contribution is 0.0601. The fourth-order valence-electron chi connectivity index (χ4n) is 2.20. The molecule has 0 amide bonds. The maximum Gasteiger partial charge on any atom is 0.337 e. The highest BCUT2D eigenvalue weighted by molar-refractivity contribution is 5.92. The van der Waals surface area contributed by atoms with Crippen LogP contribution in [0.4, 0.5) is 11.4 Å². The SMILES string of the molecule is CCN1CC(C)Nc2ccc(C(=O)OC)cc21. The molecule has 1 aliphatic heterocycles. The topological polar surface area (TPSA) is 41.6 Å². The fraction of sp³-hybridized carbons (Fsp3) is 0.462. The van der Waals surface area contributed by atoms with Crippen LogP contribution in [-0.2, 0) is 4.74 Å². The van der Waals surface area contributed by atoms with Crippen molar-refractivity contribution >= 4 is 17.3 Å². The summed E-state index contributed by atoms with van der Waals surface area (Å²) < 4.78 is 4.74. The maximum absolute atomic E-state index is 11.5. The van der Waals surface area contributed by atoms with Gasteiger partial charge in [-0.25, -0.2) is 4.79 Å². The van der Waals surface area contributed by atoms with Crippen molar-refractivity contribution < 1.29 is 9.53 Å². The number of nitrogens with one attached hydrogen (secondary N) is 1. The van der Waals surface area contributed by atoms with Gasteiger partial charge in [0.2, 0.25) is 0 Å². The highest BCUT2D eigenvalue weighted by Crippen LogP contribution is 2.31. The zero-order valence-electron chi connectivity index (χ0n) is 10.5. The molecule has 4 nitrogen and oxygen atoms in total. The Hall–Kier alpha value is -1.71. The molecule has 0 aromatic heterocycles. The van der Waals surface area contributed by atoms with Gasteiger partial charge < -0.3 is 15.0 Å². The molecular weight excluding hydrogens is 216 g/mol. The number of benzene rings is 1. The Morgan fingerprint density at radius 2 is 2.35 bits per heavy atom. The standard InChI is InChI=1S/C13H18N2O2/c1-4-15-8-9(2)14-11-6-5-10(7-12(11)15)13(16)17-3/h5-7,9,14H,4,8H2,1-3H3. The van der Waals surface area contributed by atoms with Crippen LogP contribution in [0.25, 0.3) is 0 Å². The van der Waals surface area contributed by atoms with E-state index in [0.29, 0.717) is 11.6 Å². The van der Waals surface area contributed by atoms with E-state index in [-0.39, 0.29) is 5.97 Å². The van der Waals surface area contributed by atoms with E-state index >= 15 is 0 Å². The molecule has 1 aliphatic rings. The Balaban J connectivity index is 2.39. The highest BCUT2D eigenvalue weighted by Gasteiger charge is 2.21. The van der Waals surface area contributed by atoms with Gasteiger partial charge in [-0.05, 0) is 32.0 Å². The van der Waals surface area contributed by atoms with Gasteiger partial charge in [-0.1, -0.05) is 0 Å². The van der Waals surface area contributed by atoms with E-state index in [9.17, 15) is 4.79 Å². The monoisotopic (exact) mass is 234 g/mol. The molecule has 0 aliphatic carbocycles. The summed E-state index contributed by atoms with van der Waals surface area (Å²) in [6.45, 7) is 6.16. The molecule has 0 saturated heterocycles. The Labute approximate surface area is 102 Å². The predicted molar refractivity (Wildman–Crippen MR) is 68.8 cm³/mol. The number of methoxy groups -OCH3 is 1. The number of carbonyl (C=O) groups excluding carboxylic acids is 1. The fourth-order valence-corrected chi connectivity index (χ4v) is 2.20. The van der Waals surface area contributed by atoms with Crippen molar-refractivity contribution in [2.45, 2.75) is 19.9 Å². The molecule has 1 atom stereocenters. The lowest BCUT2D eigenvalue weighted by Crippen LogP contribution is -2.39. The second kappa shape index (κ2) is 4.65. The molecular formula is C13H18N2O2. The highest BCUT2D eigenvalue weighted by atomic mass is 16.5. The Morgan fingerprint density at radius 1 is 1.59 bits per heavy atom. The zero-order chi connectivity index (χ0) is 12.4. The molecule has 0 radical (unpaired) electrons. The van der Waals surface area contributed by atoms with E-state index in [1.54, 1.807) is 6.07 Å². The van der Waals surface area contributed by atoms with Gasteiger partial charge in [-0.3, -0.25) is 0 Å². The minimum Gasteiger partial charge on any atom is -0.465 e. The van der Waals surface area contributed by atoms with E-state index in [4.69, 9.17) is 4.74 Å². The third-order valence-electron chi connectivity index (χ3n) is 3.04. The van der Waals surface area contributed by atoms with Crippen LogP contribution in [-0.4, -0.2) is 32.2 Å². The number of hydrogen-bond acceptors (Lipinski definition) is 4. The summed E-state index contributed by atoms with van der Waals surface area (Å²) in [6, 6.07) is 6.05. The molecule has 2 rings (SSSR count). The van der Waals surface area contributed by atoms with E-state index in [1.807, 2.05) is 12.1 Å². The summed E-state index contributed by atoms with van der Waals surface area (Å²) in [6.07, 6.45) is 0. The van der Waals surface area contributed by atoms with Crippen LogP contribution in [0.2, 0.25) is 0 Å². The normalized spacial score (nSPS) is 18.3. The number of anilines is 2. The van der Waals surface area contributed by atoms with Crippen LogP contribution in [0.3, 0.4) is 0 Å². The second-order valence-corrected chi connectivity index (χ2v) is 4.31. The number of rotatable bonds is 2. The van der Waals surface area contributed by atoms with Gasteiger partial charge in [0.15, 0.2) is 0 Å². The predicted octanol–water partition coefficient (Wildman–Crippen LogP) is 2.11. The lowest BCUT2D eigenvalue weighted by Gasteiger charge is -2.35. The molecule has 1 aromatic rings. The minimum absolute atomic E-state index is 0.289. The second-order valence-electron chi connectivity index (χ2n) is 4.31. The van der Waals surface area contributed by atoms with Crippen molar-refractivity contribution in [2.24, 2.45) is 0 Å². The number of nitrogens with zero attached hydrogens (tertiary/aromatic N) is 1. The van der Waals surface area contributed by atoms with Crippen molar-refractivity contribution in [1.82, 2.24) is 0 Å². The minimum atomic E-state index is -0.289. The van der Waals surface area contributed by atoms with Crippen molar-refractivity contribution in [2.75, 3.05) is 30.4 Å². The lowest BCUT2D eigenvalue weighted by atomic mass is 10.1. The maximum atomic E-state index is 11.5. The Morgan fingerprint density at radius 3 is 3.00 bits per heavy atom. The Kier molecular flexibility index (Phi) is 3.22. The molecule has 1 N–H and O–H groups in total. The van der Waals surface area contributed by atoms with Crippen molar-refractivity contribution in [3.8, 4) is 0 Å². The first-order valence-corrected chi connectivity index (χ1v) is 5.89. The molecule has 0 bridgehead atoms. The van der Waals surface area contributed by atoms with Crippen LogP contribution in [0.15, 0.2) is 18.2 Å². The number of ether oxygens (including phenoxy) is 1. The third-order valence-corrected chi connectivity index (χ3v) is 3.04. The van der Waals surface area contributed by atoms with Gasteiger partial charge in [0.1, 0.15) is 0 Å².